The predicted octanol–water partition coefficient (Wildman–Crippen LogP) is 1.70. The van der Waals surface area contributed by atoms with E-state index in [9.17, 15) is 9.59 Å². The first-order chi connectivity index (χ1) is 13.5. The number of aromatic nitrogens is 2. The van der Waals surface area contributed by atoms with Gasteiger partial charge in [-0.15, -0.1) is 0 Å². The third-order valence-corrected chi connectivity index (χ3v) is 6.57. The summed E-state index contributed by atoms with van der Waals surface area (Å²) in [5.74, 6) is 0.229. The number of hydrogen-bond donors (Lipinski definition) is 2. The molecule has 2 fully saturated rings. The summed E-state index contributed by atoms with van der Waals surface area (Å²) in [6, 6.07) is 2.03. The van der Waals surface area contributed by atoms with Crippen LogP contribution in [0.15, 0.2) is 24.7 Å². The smallest absolute Gasteiger partial charge is 0.240 e. The van der Waals surface area contributed by atoms with E-state index in [1.54, 1.807) is 12.4 Å². The normalized spacial score (nSPS) is 21.1. The molecule has 2 aromatic rings. The number of aromatic amines is 1. The van der Waals surface area contributed by atoms with E-state index in [0.717, 1.165) is 55.1 Å². The van der Waals surface area contributed by atoms with Crippen molar-refractivity contribution in [2.24, 2.45) is 0 Å². The number of nitrogens with one attached hydrogen (secondary N) is 2. The molecule has 7 heteroatoms. The van der Waals surface area contributed by atoms with Crippen molar-refractivity contribution in [2.45, 2.75) is 50.1 Å². The van der Waals surface area contributed by atoms with Crippen molar-refractivity contribution in [1.29, 1.82) is 0 Å². The van der Waals surface area contributed by atoms with E-state index in [-0.39, 0.29) is 23.4 Å². The van der Waals surface area contributed by atoms with Crippen LogP contribution in [0.25, 0.3) is 10.9 Å². The molecule has 1 aliphatic heterocycles. The summed E-state index contributed by atoms with van der Waals surface area (Å²) >= 11 is 0. The largest absolute Gasteiger partial charge is 0.360 e. The number of rotatable bonds is 6. The van der Waals surface area contributed by atoms with Gasteiger partial charge in [-0.25, -0.2) is 0 Å². The summed E-state index contributed by atoms with van der Waals surface area (Å²) in [6.07, 6.45) is 10.6. The molecular formula is C21H29N5O2. The number of nitrogens with zero attached hydrogens (tertiary/aromatic N) is 3. The molecule has 150 valence electrons. The Morgan fingerprint density at radius 2 is 2.18 bits per heavy atom. The zero-order valence-corrected chi connectivity index (χ0v) is 16.7. The average molecular weight is 383 g/mol. The molecule has 1 aliphatic carbocycles. The monoisotopic (exact) mass is 383 g/mol. The van der Waals surface area contributed by atoms with Crippen LogP contribution >= 0.6 is 0 Å². The van der Waals surface area contributed by atoms with Crippen molar-refractivity contribution in [1.82, 2.24) is 25.1 Å². The number of H-pyrrole nitrogens is 1. The summed E-state index contributed by atoms with van der Waals surface area (Å²) in [7, 11) is 3.95. The van der Waals surface area contributed by atoms with E-state index in [1.807, 2.05) is 36.2 Å². The Labute approximate surface area is 165 Å². The Bertz CT molecular complexity index is 871. The fourth-order valence-electron chi connectivity index (χ4n) is 4.58. The van der Waals surface area contributed by atoms with Gasteiger partial charge >= 0.3 is 0 Å². The molecule has 1 atom stereocenters. The Kier molecular flexibility index (Phi) is 5.10. The van der Waals surface area contributed by atoms with E-state index in [1.165, 1.54) is 0 Å². The summed E-state index contributed by atoms with van der Waals surface area (Å²) in [6.45, 7) is 1.31. The maximum absolute atomic E-state index is 13.0. The Balaban J connectivity index is 1.38. The molecule has 2 N–H and O–H groups in total. The summed E-state index contributed by atoms with van der Waals surface area (Å²) in [4.78, 5) is 37.0. The second-order valence-corrected chi connectivity index (χ2v) is 8.28. The number of likely N-dealkylation sites (N-methyl/N-ethyl adjacent to an activating group) is 1. The summed E-state index contributed by atoms with van der Waals surface area (Å²) < 4.78 is 0. The van der Waals surface area contributed by atoms with Gasteiger partial charge in [-0.2, -0.15) is 0 Å². The number of carbonyl (C=O) groups is 2. The first-order valence-corrected chi connectivity index (χ1v) is 10.2. The van der Waals surface area contributed by atoms with Gasteiger partial charge in [-0.3, -0.25) is 19.5 Å². The van der Waals surface area contributed by atoms with Crippen molar-refractivity contribution in [2.75, 3.05) is 27.2 Å². The number of carbonyl (C=O) groups excluding carboxylic acids is 2. The minimum absolute atomic E-state index is 0.0858. The van der Waals surface area contributed by atoms with Gasteiger partial charge in [0.1, 0.15) is 0 Å². The molecule has 0 spiro atoms. The lowest BCUT2D eigenvalue weighted by Gasteiger charge is -2.45. The Hall–Kier alpha value is -2.41. The van der Waals surface area contributed by atoms with Gasteiger partial charge in [0.25, 0.3) is 0 Å². The molecule has 0 bridgehead atoms. The molecule has 1 saturated heterocycles. The van der Waals surface area contributed by atoms with Crippen molar-refractivity contribution in [3.8, 4) is 0 Å². The molecule has 3 heterocycles. The van der Waals surface area contributed by atoms with Crippen molar-refractivity contribution in [3.63, 3.8) is 0 Å². The minimum Gasteiger partial charge on any atom is -0.360 e. The fourth-order valence-corrected chi connectivity index (χ4v) is 4.58. The van der Waals surface area contributed by atoms with Crippen molar-refractivity contribution >= 4 is 22.7 Å². The van der Waals surface area contributed by atoms with E-state index in [4.69, 9.17) is 0 Å². The van der Waals surface area contributed by atoms with Gasteiger partial charge in [0.05, 0.1) is 23.7 Å². The number of hydrogen-bond acceptors (Lipinski definition) is 4. The molecule has 0 radical (unpaired) electrons. The van der Waals surface area contributed by atoms with Gasteiger partial charge in [0, 0.05) is 36.9 Å². The molecule has 4 rings (SSSR count). The van der Waals surface area contributed by atoms with Crippen molar-refractivity contribution in [3.05, 3.63) is 30.2 Å². The number of fused-ring (bicyclic) bond motifs is 1. The van der Waals surface area contributed by atoms with Gasteiger partial charge in [-0.1, -0.05) is 0 Å². The quantitative estimate of drug-likeness (QED) is 0.796. The fraction of sp³-hybridized carbons (Fsp3) is 0.571. The van der Waals surface area contributed by atoms with Gasteiger partial charge < -0.3 is 15.2 Å². The Morgan fingerprint density at radius 1 is 1.36 bits per heavy atom. The molecule has 2 aliphatic rings. The lowest BCUT2D eigenvalue weighted by molar-refractivity contribution is -0.138. The maximum Gasteiger partial charge on any atom is 0.240 e. The molecule has 0 aromatic carbocycles. The standard InChI is InChI=1S/C21H29N5O2/c1-25(2)21(7-4-8-21)20(28)24-13-16-5-3-10-26(16)19(27)11-15-12-23-18-14-22-9-6-17(15)18/h6,9,12,14,16,23H,3-5,7-8,10-11,13H2,1-2H3,(H,24,28)/t16-/m1/s1. The van der Waals surface area contributed by atoms with Crippen LogP contribution in [0.3, 0.4) is 0 Å². The topological polar surface area (TPSA) is 81.3 Å². The van der Waals surface area contributed by atoms with Crippen LogP contribution in [-0.2, 0) is 16.0 Å². The third-order valence-electron chi connectivity index (χ3n) is 6.57. The lowest BCUT2D eigenvalue weighted by Crippen LogP contribution is -2.61. The Morgan fingerprint density at radius 3 is 2.89 bits per heavy atom. The summed E-state index contributed by atoms with van der Waals surface area (Å²) in [5, 5.41) is 4.18. The van der Waals surface area contributed by atoms with Crippen LogP contribution in [0.2, 0.25) is 0 Å². The second-order valence-electron chi connectivity index (χ2n) is 8.28. The van der Waals surface area contributed by atoms with Gasteiger partial charge in [0.2, 0.25) is 11.8 Å². The highest BCUT2D eigenvalue weighted by Crippen LogP contribution is 2.36. The highest BCUT2D eigenvalue weighted by Gasteiger charge is 2.46. The van der Waals surface area contributed by atoms with E-state index in [2.05, 4.69) is 15.3 Å². The van der Waals surface area contributed by atoms with Crippen LogP contribution in [-0.4, -0.2) is 70.3 Å². The minimum atomic E-state index is -0.356. The molecular weight excluding hydrogens is 354 g/mol. The zero-order valence-electron chi connectivity index (χ0n) is 16.7. The predicted molar refractivity (Wildman–Crippen MR) is 108 cm³/mol. The first-order valence-electron chi connectivity index (χ1n) is 10.2. The molecule has 7 nitrogen and oxygen atoms in total. The molecule has 28 heavy (non-hydrogen) atoms. The highest BCUT2D eigenvalue weighted by molar-refractivity contribution is 5.89. The van der Waals surface area contributed by atoms with Crippen molar-refractivity contribution < 1.29 is 9.59 Å². The van der Waals surface area contributed by atoms with Crippen LogP contribution in [0.5, 0.6) is 0 Å². The van der Waals surface area contributed by atoms with Gasteiger partial charge in [0.15, 0.2) is 0 Å². The SMILES string of the molecule is CN(C)C1(C(=O)NC[C@H]2CCCN2C(=O)Cc2c[nH]c3cnccc23)CCC1. The zero-order chi connectivity index (χ0) is 19.7. The average Bonchev–Trinajstić information content (AvgIpc) is 3.26. The van der Waals surface area contributed by atoms with Gasteiger partial charge in [-0.05, 0) is 57.8 Å². The van der Waals surface area contributed by atoms with Crippen LogP contribution in [0.4, 0.5) is 0 Å². The molecule has 2 aromatic heterocycles. The highest BCUT2D eigenvalue weighted by atomic mass is 16.2. The van der Waals surface area contributed by atoms with E-state index < -0.39 is 0 Å². The maximum atomic E-state index is 13.0. The van der Waals surface area contributed by atoms with E-state index in [0.29, 0.717) is 13.0 Å². The van der Waals surface area contributed by atoms with Crippen LogP contribution in [0.1, 0.15) is 37.7 Å². The molecule has 2 amide bonds. The van der Waals surface area contributed by atoms with Crippen LogP contribution in [0, 0.1) is 0 Å². The lowest BCUT2D eigenvalue weighted by atomic mass is 9.75. The van der Waals surface area contributed by atoms with E-state index >= 15 is 0 Å². The first kappa shape index (κ1) is 18.9. The number of amides is 2. The van der Waals surface area contributed by atoms with Crippen LogP contribution < -0.4 is 5.32 Å². The second kappa shape index (κ2) is 7.54. The number of pyridine rings is 1. The molecule has 1 saturated carbocycles. The number of likely N-dealkylation sites (tertiary alicyclic amines) is 1. The third kappa shape index (κ3) is 3.28. The summed E-state index contributed by atoms with van der Waals surface area (Å²) in [5.41, 5.74) is 1.59. The molecule has 0 unspecified atom stereocenters.